The highest BCUT2D eigenvalue weighted by molar-refractivity contribution is 7.98. The predicted molar refractivity (Wildman–Crippen MR) is 117 cm³/mol. The lowest BCUT2D eigenvalue weighted by atomic mass is 9.94. The minimum atomic E-state index is -0.695. The molecule has 0 aliphatic carbocycles. The van der Waals surface area contributed by atoms with Gasteiger partial charge in [-0.25, -0.2) is 18.7 Å². The van der Waals surface area contributed by atoms with Gasteiger partial charge in [-0.15, -0.1) is 0 Å². The first-order chi connectivity index (χ1) is 15.3. The minimum absolute atomic E-state index is 0.123. The predicted octanol–water partition coefficient (Wildman–Crippen LogP) is 3.81. The molecule has 0 saturated heterocycles. The number of aromatic nitrogens is 2. The Kier molecular flexibility index (Phi) is 6.18. The summed E-state index contributed by atoms with van der Waals surface area (Å²) in [4.78, 5) is 33.1. The summed E-state index contributed by atoms with van der Waals surface area (Å²) in [6.07, 6.45) is 3.59. The highest BCUT2D eigenvalue weighted by atomic mass is 32.2. The van der Waals surface area contributed by atoms with E-state index >= 15 is 0 Å². The number of fused-ring (bicyclic) bond motifs is 1. The fourth-order valence-electron chi connectivity index (χ4n) is 3.77. The second-order valence-corrected chi connectivity index (χ2v) is 8.22. The molecule has 0 saturated carbocycles. The summed E-state index contributed by atoms with van der Waals surface area (Å²) in [6.45, 7) is 1.85. The standard InChI is InChI=1S/C23H20F2N4O2S/c1-12(30)28-20(7-13-5-16(24)9-17(25)6-13)21-19(11-27-23(29-21)32-2)14-3-4-15-10-26-22(31)18(15)8-14/h3-6,8-9,11,20H,7,10H2,1-2H3,(H,26,31)(H,28,30). The van der Waals surface area contributed by atoms with Gasteiger partial charge in [0, 0.05) is 36.9 Å². The average molecular weight is 455 g/mol. The van der Waals surface area contributed by atoms with E-state index in [2.05, 4.69) is 20.6 Å². The molecule has 3 aromatic rings. The number of carbonyl (C=O) groups excluding carboxylic acids is 2. The van der Waals surface area contributed by atoms with E-state index in [-0.39, 0.29) is 18.2 Å². The molecule has 32 heavy (non-hydrogen) atoms. The molecule has 1 aliphatic heterocycles. The zero-order chi connectivity index (χ0) is 22.8. The lowest BCUT2D eigenvalue weighted by Gasteiger charge is -2.21. The Morgan fingerprint density at radius 3 is 2.62 bits per heavy atom. The van der Waals surface area contributed by atoms with Crippen LogP contribution in [0.5, 0.6) is 0 Å². The van der Waals surface area contributed by atoms with Gasteiger partial charge in [0.1, 0.15) is 11.6 Å². The Bertz CT molecular complexity index is 1200. The Hall–Kier alpha value is -3.33. The number of hydrogen-bond acceptors (Lipinski definition) is 5. The largest absolute Gasteiger partial charge is 0.348 e. The van der Waals surface area contributed by atoms with Crippen LogP contribution >= 0.6 is 11.8 Å². The van der Waals surface area contributed by atoms with Crippen LogP contribution in [0.4, 0.5) is 8.78 Å². The van der Waals surface area contributed by atoms with Gasteiger partial charge in [-0.2, -0.15) is 0 Å². The molecule has 0 bridgehead atoms. The number of carbonyl (C=O) groups is 2. The fourth-order valence-corrected chi connectivity index (χ4v) is 4.12. The molecule has 1 atom stereocenters. The monoisotopic (exact) mass is 454 g/mol. The smallest absolute Gasteiger partial charge is 0.251 e. The van der Waals surface area contributed by atoms with Crippen molar-refractivity contribution in [2.24, 2.45) is 0 Å². The first-order valence-corrected chi connectivity index (χ1v) is 11.1. The van der Waals surface area contributed by atoms with Crippen molar-refractivity contribution in [2.45, 2.75) is 31.1 Å². The zero-order valence-electron chi connectivity index (χ0n) is 17.4. The second kappa shape index (κ2) is 9.04. The summed E-state index contributed by atoms with van der Waals surface area (Å²) in [6, 6.07) is 8.10. The van der Waals surface area contributed by atoms with Crippen molar-refractivity contribution in [3.05, 3.63) is 76.6 Å². The molecule has 6 nitrogen and oxygen atoms in total. The summed E-state index contributed by atoms with van der Waals surface area (Å²) < 4.78 is 27.6. The van der Waals surface area contributed by atoms with Crippen molar-refractivity contribution < 1.29 is 18.4 Å². The van der Waals surface area contributed by atoms with Crippen LogP contribution in [0.2, 0.25) is 0 Å². The molecule has 2 aromatic carbocycles. The number of nitrogens with zero attached hydrogens (tertiary/aromatic N) is 2. The van der Waals surface area contributed by atoms with E-state index in [0.717, 1.165) is 11.6 Å². The van der Waals surface area contributed by atoms with Crippen LogP contribution in [0.25, 0.3) is 11.1 Å². The van der Waals surface area contributed by atoms with Gasteiger partial charge in [0.2, 0.25) is 5.91 Å². The van der Waals surface area contributed by atoms with E-state index in [1.807, 2.05) is 18.4 Å². The maximum atomic E-state index is 13.8. The van der Waals surface area contributed by atoms with Crippen molar-refractivity contribution in [1.29, 1.82) is 0 Å². The minimum Gasteiger partial charge on any atom is -0.348 e. The topological polar surface area (TPSA) is 84.0 Å². The summed E-state index contributed by atoms with van der Waals surface area (Å²) >= 11 is 1.34. The van der Waals surface area contributed by atoms with Crippen molar-refractivity contribution in [3.63, 3.8) is 0 Å². The summed E-state index contributed by atoms with van der Waals surface area (Å²) in [5, 5.41) is 6.12. The van der Waals surface area contributed by atoms with Crippen molar-refractivity contribution >= 4 is 23.6 Å². The van der Waals surface area contributed by atoms with Crippen LogP contribution < -0.4 is 10.6 Å². The van der Waals surface area contributed by atoms with Gasteiger partial charge in [-0.1, -0.05) is 23.9 Å². The third kappa shape index (κ3) is 4.62. The van der Waals surface area contributed by atoms with Crippen LogP contribution in [0, 0.1) is 11.6 Å². The second-order valence-electron chi connectivity index (χ2n) is 7.45. The molecule has 0 spiro atoms. The molecule has 1 aliphatic rings. The fraction of sp³-hybridized carbons (Fsp3) is 0.217. The lowest BCUT2D eigenvalue weighted by molar-refractivity contribution is -0.119. The quantitative estimate of drug-likeness (QED) is 0.437. The Labute approximate surface area is 187 Å². The van der Waals surface area contributed by atoms with E-state index in [9.17, 15) is 18.4 Å². The summed E-state index contributed by atoms with van der Waals surface area (Å²) in [7, 11) is 0. The van der Waals surface area contributed by atoms with Gasteiger partial charge in [0.05, 0.1) is 11.7 Å². The average Bonchev–Trinajstić information content (AvgIpc) is 3.12. The van der Waals surface area contributed by atoms with Crippen LogP contribution in [-0.2, 0) is 17.8 Å². The Morgan fingerprint density at radius 1 is 1.19 bits per heavy atom. The SMILES string of the molecule is CSc1ncc(-c2ccc3c(c2)C(=O)NC3)c(C(Cc2cc(F)cc(F)c2)NC(C)=O)n1. The van der Waals surface area contributed by atoms with Crippen LogP contribution in [-0.4, -0.2) is 28.0 Å². The van der Waals surface area contributed by atoms with Crippen LogP contribution in [0.3, 0.4) is 0 Å². The number of amides is 2. The first kappa shape index (κ1) is 21.9. The molecule has 0 radical (unpaired) electrons. The van der Waals surface area contributed by atoms with E-state index in [1.54, 1.807) is 12.3 Å². The number of halogens is 2. The van der Waals surface area contributed by atoms with E-state index in [0.29, 0.717) is 39.6 Å². The summed E-state index contributed by atoms with van der Waals surface area (Å²) in [5.41, 5.74) is 3.69. The molecule has 2 heterocycles. The maximum Gasteiger partial charge on any atom is 0.251 e. The van der Waals surface area contributed by atoms with Crippen molar-refractivity contribution in [2.75, 3.05) is 6.26 Å². The Morgan fingerprint density at radius 2 is 1.94 bits per heavy atom. The highest BCUT2D eigenvalue weighted by Gasteiger charge is 2.24. The zero-order valence-corrected chi connectivity index (χ0v) is 18.2. The Balaban J connectivity index is 1.82. The van der Waals surface area contributed by atoms with Crippen molar-refractivity contribution in [1.82, 2.24) is 20.6 Å². The number of hydrogen-bond donors (Lipinski definition) is 2. The molecular weight excluding hydrogens is 434 g/mol. The third-order valence-corrected chi connectivity index (χ3v) is 5.72. The van der Waals surface area contributed by atoms with E-state index in [1.165, 1.54) is 30.8 Å². The van der Waals surface area contributed by atoms with Gasteiger partial charge < -0.3 is 10.6 Å². The van der Waals surface area contributed by atoms with Gasteiger partial charge in [-0.05, 0) is 47.6 Å². The number of thioether (sulfide) groups is 1. The van der Waals surface area contributed by atoms with Crippen LogP contribution in [0.1, 0.15) is 40.1 Å². The summed E-state index contributed by atoms with van der Waals surface area (Å²) in [5.74, 6) is -1.85. The lowest BCUT2D eigenvalue weighted by Crippen LogP contribution is -2.29. The molecule has 164 valence electrons. The molecule has 9 heteroatoms. The van der Waals surface area contributed by atoms with Crippen molar-refractivity contribution in [3.8, 4) is 11.1 Å². The molecule has 1 aromatic heterocycles. The van der Waals surface area contributed by atoms with Crippen LogP contribution in [0.15, 0.2) is 47.8 Å². The van der Waals surface area contributed by atoms with E-state index < -0.39 is 17.7 Å². The first-order valence-electron chi connectivity index (χ1n) is 9.88. The number of rotatable bonds is 6. The third-order valence-electron chi connectivity index (χ3n) is 5.15. The number of nitrogens with one attached hydrogen (secondary N) is 2. The molecule has 0 fully saturated rings. The molecule has 1 unspecified atom stereocenters. The van der Waals surface area contributed by atoms with Gasteiger partial charge in [-0.3, -0.25) is 9.59 Å². The molecule has 4 rings (SSSR count). The van der Waals surface area contributed by atoms with E-state index in [4.69, 9.17) is 0 Å². The molecule has 2 N–H and O–H groups in total. The highest BCUT2D eigenvalue weighted by Crippen LogP contribution is 2.32. The van der Waals surface area contributed by atoms with Gasteiger partial charge in [0.15, 0.2) is 5.16 Å². The molecular formula is C23H20F2N4O2S. The maximum absolute atomic E-state index is 13.8. The number of benzene rings is 2. The van der Waals surface area contributed by atoms with Gasteiger partial charge >= 0.3 is 0 Å². The van der Waals surface area contributed by atoms with Gasteiger partial charge in [0.25, 0.3) is 5.91 Å². The molecule has 2 amide bonds. The normalized spacial score (nSPS) is 13.4.